The van der Waals surface area contributed by atoms with E-state index in [4.69, 9.17) is 4.74 Å². The van der Waals surface area contributed by atoms with E-state index in [0.717, 1.165) is 22.3 Å². The third-order valence-electron chi connectivity index (χ3n) is 5.90. The van der Waals surface area contributed by atoms with Crippen LogP contribution in [-0.2, 0) is 14.3 Å². The van der Waals surface area contributed by atoms with E-state index in [1.165, 1.54) is 0 Å². The number of hydrogen-bond acceptors (Lipinski definition) is 4. The van der Waals surface area contributed by atoms with Gasteiger partial charge in [-0.3, -0.25) is 4.79 Å². The molecule has 0 bridgehead atoms. The number of alkyl carbamates (subject to hydrolysis) is 1. The number of amides is 2. The molecule has 0 unspecified atom stereocenters. The van der Waals surface area contributed by atoms with Crippen molar-refractivity contribution in [2.45, 2.75) is 52.0 Å². The summed E-state index contributed by atoms with van der Waals surface area (Å²) in [4.78, 5) is 36.0. The van der Waals surface area contributed by atoms with Gasteiger partial charge in [0.05, 0.1) is 0 Å². The van der Waals surface area contributed by atoms with Gasteiger partial charge < -0.3 is 20.5 Å². The largest absolute Gasteiger partial charge is 0.480 e. The van der Waals surface area contributed by atoms with Gasteiger partial charge in [0.25, 0.3) is 0 Å². The molecule has 2 aromatic carbocycles. The zero-order chi connectivity index (χ0) is 24.0. The molecule has 3 N–H and O–H groups in total. The molecule has 3 rings (SSSR count). The number of hydrogen-bond donors (Lipinski definition) is 3. The van der Waals surface area contributed by atoms with Crippen molar-refractivity contribution in [2.75, 3.05) is 13.2 Å². The molecule has 7 heteroatoms. The number of aliphatic carboxylic acids is 1. The summed E-state index contributed by atoms with van der Waals surface area (Å²) in [6.45, 7) is 5.99. The predicted molar refractivity (Wildman–Crippen MR) is 126 cm³/mol. The van der Waals surface area contributed by atoms with E-state index in [9.17, 15) is 19.5 Å². The number of ether oxygens (including phenoxy) is 1. The van der Waals surface area contributed by atoms with Gasteiger partial charge >= 0.3 is 12.1 Å². The van der Waals surface area contributed by atoms with Gasteiger partial charge in [0.2, 0.25) is 5.91 Å². The Hall–Kier alpha value is -3.35. The highest BCUT2D eigenvalue weighted by atomic mass is 16.5. The smallest absolute Gasteiger partial charge is 0.407 e. The molecule has 0 saturated carbocycles. The summed E-state index contributed by atoms with van der Waals surface area (Å²) in [5.74, 6) is -1.41. The number of carboxylic acid groups (broad SMARTS) is 1. The van der Waals surface area contributed by atoms with Gasteiger partial charge in [0.1, 0.15) is 12.6 Å². The molecule has 176 valence electrons. The fourth-order valence-corrected chi connectivity index (χ4v) is 4.25. The SMILES string of the molecule is CCC[C@@H](NC(=O)CC(C)(C)CNC(=O)OCC1c2ccccc2-c2ccccc21)C(=O)O. The Morgan fingerprint density at radius 3 is 2.15 bits per heavy atom. The average molecular weight is 453 g/mol. The highest BCUT2D eigenvalue weighted by Gasteiger charge is 2.30. The topological polar surface area (TPSA) is 105 Å². The van der Waals surface area contributed by atoms with Crippen LogP contribution in [-0.4, -0.2) is 42.3 Å². The van der Waals surface area contributed by atoms with E-state index in [1.54, 1.807) is 0 Å². The lowest BCUT2D eigenvalue weighted by atomic mass is 9.88. The Labute approximate surface area is 194 Å². The number of carbonyl (C=O) groups excluding carboxylic acids is 2. The first-order valence-electron chi connectivity index (χ1n) is 11.3. The van der Waals surface area contributed by atoms with Crippen LogP contribution in [0.2, 0.25) is 0 Å². The van der Waals surface area contributed by atoms with Crippen LogP contribution in [0.15, 0.2) is 48.5 Å². The molecule has 33 heavy (non-hydrogen) atoms. The zero-order valence-corrected chi connectivity index (χ0v) is 19.4. The second kappa shape index (κ2) is 10.5. The molecule has 0 aliphatic heterocycles. The van der Waals surface area contributed by atoms with Gasteiger partial charge in [-0.25, -0.2) is 9.59 Å². The van der Waals surface area contributed by atoms with E-state index in [2.05, 4.69) is 34.9 Å². The molecule has 0 saturated heterocycles. The maximum Gasteiger partial charge on any atom is 0.407 e. The van der Waals surface area contributed by atoms with Crippen molar-refractivity contribution >= 4 is 18.0 Å². The Kier molecular flexibility index (Phi) is 7.74. The van der Waals surface area contributed by atoms with Crippen LogP contribution in [0, 0.1) is 5.41 Å². The molecule has 0 heterocycles. The molecule has 7 nitrogen and oxygen atoms in total. The molecule has 1 atom stereocenters. The van der Waals surface area contributed by atoms with Gasteiger partial charge in [0.15, 0.2) is 0 Å². The molecular formula is C26H32N2O5. The summed E-state index contributed by atoms with van der Waals surface area (Å²) < 4.78 is 5.54. The summed E-state index contributed by atoms with van der Waals surface area (Å²) >= 11 is 0. The van der Waals surface area contributed by atoms with Gasteiger partial charge in [-0.1, -0.05) is 75.7 Å². The molecule has 0 spiro atoms. The second-order valence-corrected chi connectivity index (χ2v) is 9.27. The maximum absolute atomic E-state index is 12.4. The van der Waals surface area contributed by atoms with Crippen LogP contribution in [0.3, 0.4) is 0 Å². The molecule has 2 amide bonds. The third-order valence-corrected chi connectivity index (χ3v) is 5.90. The third kappa shape index (κ3) is 6.12. The van der Waals surface area contributed by atoms with Crippen molar-refractivity contribution in [3.8, 4) is 11.1 Å². The van der Waals surface area contributed by atoms with Crippen LogP contribution in [0.5, 0.6) is 0 Å². The Morgan fingerprint density at radius 2 is 1.61 bits per heavy atom. The van der Waals surface area contributed by atoms with E-state index in [-0.39, 0.29) is 31.4 Å². The Morgan fingerprint density at radius 1 is 1.03 bits per heavy atom. The zero-order valence-electron chi connectivity index (χ0n) is 19.4. The predicted octanol–water partition coefficient (Wildman–Crippen LogP) is 4.31. The average Bonchev–Trinajstić information content (AvgIpc) is 3.09. The molecule has 1 aliphatic rings. The lowest BCUT2D eigenvalue weighted by molar-refractivity contribution is -0.142. The number of rotatable bonds is 10. The molecular weight excluding hydrogens is 420 g/mol. The Bertz CT molecular complexity index is 972. The standard InChI is InChI=1S/C26H32N2O5/c1-4-9-22(24(30)31)28-23(29)14-26(2,3)16-27-25(32)33-15-21-19-12-7-5-10-17(19)18-11-6-8-13-20(18)21/h5-8,10-13,21-22H,4,9,14-16H2,1-3H3,(H,27,32)(H,28,29)(H,30,31)/t22-/m1/s1. The first-order chi connectivity index (χ1) is 15.7. The summed E-state index contributed by atoms with van der Waals surface area (Å²) in [6, 6.07) is 15.4. The van der Waals surface area contributed by atoms with E-state index >= 15 is 0 Å². The van der Waals surface area contributed by atoms with Crippen LogP contribution in [0.4, 0.5) is 4.79 Å². The number of nitrogens with one attached hydrogen (secondary N) is 2. The van der Waals surface area contributed by atoms with Gasteiger partial charge in [-0.2, -0.15) is 0 Å². The first-order valence-corrected chi connectivity index (χ1v) is 11.3. The fraction of sp³-hybridized carbons (Fsp3) is 0.423. The molecule has 2 aromatic rings. The summed E-state index contributed by atoms with van der Waals surface area (Å²) in [6.07, 6.45) is 0.577. The number of carboxylic acids is 1. The summed E-state index contributed by atoms with van der Waals surface area (Å²) in [7, 11) is 0. The molecule has 0 radical (unpaired) electrons. The molecule has 0 fully saturated rings. The minimum absolute atomic E-state index is 0.0199. The first kappa shape index (κ1) is 24.3. The van der Waals surface area contributed by atoms with Crippen LogP contribution in [0.25, 0.3) is 11.1 Å². The van der Waals surface area contributed by atoms with E-state index in [0.29, 0.717) is 12.8 Å². The van der Waals surface area contributed by atoms with Crippen molar-refractivity contribution in [3.63, 3.8) is 0 Å². The van der Waals surface area contributed by atoms with Crippen LogP contribution < -0.4 is 10.6 Å². The molecule has 0 aromatic heterocycles. The monoisotopic (exact) mass is 452 g/mol. The highest BCUT2D eigenvalue weighted by molar-refractivity contribution is 5.84. The lowest BCUT2D eigenvalue weighted by Crippen LogP contribution is -2.44. The number of benzene rings is 2. The minimum atomic E-state index is -1.04. The van der Waals surface area contributed by atoms with Gasteiger partial charge in [0, 0.05) is 18.9 Å². The van der Waals surface area contributed by atoms with Crippen molar-refractivity contribution in [1.82, 2.24) is 10.6 Å². The number of carbonyl (C=O) groups is 3. The van der Waals surface area contributed by atoms with Crippen molar-refractivity contribution in [2.24, 2.45) is 5.41 Å². The lowest BCUT2D eigenvalue weighted by Gasteiger charge is -2.25. The summed E-state index contributed by atoms with van der Waals surface area (Å²) in [5.41, 5.74) is 4.05. The Balaban J connectivity index is 1.51. The van der Waals surface area contributed by atoms with Crippen molar-refractivity contribution < 1.29 is 24.2 Å². The van der Waals surface area contributed by atoms with E-state index < -0.39 is 23.5 Å². The second-order valence-electron chi connectivity index (χ2n) is 9.27. The summed E-state index contributed by atoms with van der Waals surface area (Å²) in [5, 5.41) is 14.5. The fourth-order valence-electron chi connectivity index (χ4n) is 4.25. The quantitative estimate of drug-likeness (QED) is 0.498. The highest BCUT2D eigenvalue weighted by Crippen LogP contribution is 2.44. The van der Waals surface area contributed by atoms with Gasteiger partial charge in [-0.05, 0) is 34.1 Å². The molecule has 1 aliphatic carbocycles. The van der Waals surface area contributed by atoms with Crippen molar-refractivity contribution in [3.05, 3.63) is 59.7 Å². The van der Waals surface area contributed by atoms with Crippen molar-refractivity contribution in [1.29, 1.82) is 0 Å². The van der Waals surface area contributed by atoms with Crippen LogP contribution >= 0.6 is 0 Å². The normalized spacial score (nSPS) is 13.5. The number of fused-ring (bicyclic) bond motifs is 3. The van der Waals surface area contributed by atoms with E-state index in [1.807, 2.05) is 45.0 Å². The van der Waals surface area contributed by atoms with Crippen LogP contribution in [0.1, 0.15) is 57.1 Å². The minimum Gasteiger partial charge on any atom is -0.480 e. The van der Waals surface area contributed by atoms with Gasteiger partial charge in [-0.15, -0.1) is 0 Å². The maximum atomic E-state index is 12.4.